The van der Waals surface area contributed by atoms with Crippen LogP contribution in [-0.4, -0.2) is 30.5 Å². The van der Waals surface area contributed by atoms with Gasteiger partial charge in [0.15, 0.2) is 0 Å². The number of amides is 2. The zero-order valence-electron chi connectivity index (χ0n) is 20.2. The highest BCUT2D eigenvalue weighted by Gasteiger charge is 2.22. The molecule has 0 aliphatic rings. The Balaban J connectivity index is 1.28. The highest BCUT2D eigenvalue weighted by molar-refractivity contribution is 9.10. The van der Waals surface area contributed by atoms with Crippen molar-refractivity contribution in [3.05, 3.63) is 136 Å². The number of benzene rings is 4. The van der Waals surface area contributed by atoms with E-state index >= 15 is 0 Å². The first-order valence-electron chi connectivity index (χ1n) is 11.8. The quantitative estimate of drug-likeness (QED) is 0.127. The number of nitrogens with zero attached hydrogens (tertiary/aromatic N) is 1. The number of nitrogens with one attached hydrogen (secondary N) is 2. The number of carbonyl (C=O) groups excluding carboxylic acids is 3. The molecule has 38 heavy (non-hydrogen) atoms. The van der Waals surface area contributed by atoms with Crippen LogP contribution in [0, 0.1) is 0 Å². The van der Waals surface area contributed by atoms with Crippen LogP contribution in [0.1, 0.15) is 33.0 Å². The van der Waals surface area contributed by atoms with E-state index in [0.29, 0.717) is 21.3 Å². The summed E-state index contributed by atoms with van der Waals surface area (Å²) in [6, 6.07) is 32.5. The van der Waals surface area contributed by atoms with Gasteiger partial charge in [-0.3, -0.25) is 9.59 Å². The molecule has 0 heterocycles. The lowest BCUT2D eigenvalue weighted by Crippen LogP contribution is -2.37. The molecule has 0 saturated carbocycles. The second-order valence-electron chi connectivity index (χ2n) is 8.20. The van der Waals surface area contributed by atoms with Gasteiger partial charge in [0.1, 0.15) is 5.75 Å². The van der Waals surface area contributed by atoms with E-state index in [1.54, 1.807) is 42.5 Å². The van der Waals surface area contributed by atoms with Crippen LogP contribution in [-0.2, 0) is 9.59 Å². The number of carbonyl (C=O) groups is 3. The molecule has 4 rings (SSSR count). The van der Waals surface area contributed by atoms with E-state index in [4.69, 9.17) is 4.74 Å². The monoisotopic (exact) mass is 569 g/mol. The van der Waals surface area contributed by atoms with E-state index in [-0.39, 0.29) is 12.5 Å². The van der Waals surface area contributed by atoms with E-state index in [1.807, 2.05) is 66.7 Å². The smallest absolute Gasteiger partial charge is 0.344 e. The number of rotatable bonds is 9. The fraction of sp³-hybridized carbons (Fsp3) is 0.0667. The fourth-order valence-electron chi connectivity index (χ4n) is 3.68. The normalized spacial score (nSPS) is 10.8. The van der Waals surface area contributed by atoms with Crippen LogP contribution in [0.5, 0.6) is 5.75 Å². The number of hydrogen-bond donors (Lipinski definition) is 2. The third-order valence-corrected chi connectivity index (χ3v) is 6.23. The van der Waals surface area contributed by atoms with Crippen molar-refractivity contribution in [1.29, 1.82) is 0 Å². The second kappa shape index (κ2) is 13.1. The number of halogens is 1. The van der Waals surface area contributed by atoms with Crippen LogP contribution in [0.25, 0.3) is 0 Å². The van der Waals surface area contributed by atoms with Gasteiger partial charge in [0, 0.05) is 4.47 Å². The Morgan fingerprint density at radius 1 is 0.789 bits per heavy atom. The zero-order chi connectivity index (χ0) is 26.7. The van der Waals surface area contributed by atoms with E-state index in [9.17, 15) is 14.4 Å². The number of hydrazone groups is 1. The van der Waals surface area contributed by atoms with Crippen molar-refractivity contribution < 1.29 is 19.1 Å². The predicted molar refractivity (Wildman–Crippen MR) is 149 cm³/mol. The first kappa shape index (κ1) is 26.5. The van der Waals surface area contributed by atoms with E-state index in [0.717, 1.165) is 11.1 Å². The highest BCUT2D eigenvalue weighted by atomic mass is 79.9. The molecule has 0 aliphatic heterocycles. The molecule has 190 valence electrons. The summed E-state index contributed by atoms with van der Waals surface area (Å²) in [5.41, 5.74) is 5.18. The van der Waals surface area contributed by atoms with Crippen molar-refractivity contribution in [2.24, 2.45) is 5.10 Å². The number of ether oxygens (including phenoxy) is 1. The molecule has 0 unspecified atom stereocenters. The van der Waals surface area contributed by atoms with Crippen molar-refractivity contribution in [1.82, 2.24) is 10.7 Å². The standard InChI is InChI=1S/C30H24BrN3O4/c31-26-14-8-7-13-25(26)30(37)38-24-17-15-21(16-18-24)19-33-34-27(35)20-32-29(36)28(22-9-3-1-4-10-22)23-11-5-2-6-12-23/h1-19,28H,20H2,(H,32,36)(H,34,35)/b33-19+. The van der Waals surface area contributed by atoms with Gasteiger partial charge in [0.25, 0.3) is 5.91 Å². The van der Waals surface area contributed by atoms with Crippen LogP contribution in [0.4, 0.5) is 0 Å². The minimum absolute atomic E-state index is 0.226. The third kappa shape index (κ3) is 7.24. The largest absolute Gasteiger partial charge is 0.423 e. The van der Waals surface area contributed by atoms with E-state index in [2.05, 4.69) is 31.8 Å². The van der Waals surface area contributed by atoms with Crippen molar-refractivity contribution in [2.45, 2.75) is 5.92 Å². The zero-order valence-corrected chi connectivity index (χ0v) is 21.8. The summed E-state index contributed by atoms with van der Waals surface area (Å²) >= 11 is 3.33. The highest BCUT2D eigenvalue weighted by Crippen LogP contribution is 2.24. The van der Waals surface area contributed by atoms with Gasteiger partial charge in [-0.15, -0.1) is 0 Å². The average molecular weight is 570 g/mol. The average Bonchev–Trinajstić information content (AvgIpc) is 2.94. The Morgan fingerprint density at radius 3 is 1.97 bits per heavy atom. The summed E-state index contributed by atoms with van der Waals surface area (Å²) in [7, 11) is 0. The Morgan fingerprint density at radius 2 is 1.37 bits per heavy atom. The SMILES string of the molecule is O=C(CNC(=O)C(c1ccccc1)c1ccccc1)N/N=C/c1ccc(OC(=O)c2ccccc2Br)cc1. The molecule has 0 radical (unpaired) electrons. The lowest BCUT2D eigenvalue weighted by molar-refractivity contribution is -0.126. The molecule has 0 aliphatic carbocycles. The predicted octanol–water partition coefficient (Wildman–Crippen LogP) is 5.07. The molecule has 0 atom stereocenters. The van der Waals surface area contributed by atoms with Gasteiger partial charge in [-0.05, 0) is 69.0 Å². The third-order valence-electron chi connectivity index (χ3n) is 5.54. The Hall–Kier alpha value is -4.56. The molecule has 2 amide bonds. The minimum atomic E-state index is -0.538. The van der Waals surface area contributed by atoms with Gasteiger partial charge in [0.2, 0.25) is 5.91 Å². The molecule has 8 heteroatoms. The second-order valence-corrected chi connectivity index (χ2v) is 9.06. The van der Waals surface area contributed by atoms with Gasteiger partial charge >= 0.3 is 5.97 Å². The van der Waals surface area contributed by atoms with Gasteiger partial charge in [-0.2, -0.15) is 5.10 Å². The molecule has 0 bridgehead atoms. The molecule has 4 aromatic rings. The van der Waals surface area contributed by atoms with Crippen LogP contribution in [0.2, 0.25) is 0 Å². The number of esters is 1. The maximum absolute atomic E-state index is 13.0. The first-order valence-corrected chi connectivity index (χ1v) is 12.6. The molecule has 0 saturated heterocycles. The van der Waals surface area contributed by atoms with Gasteiger partial charge in [0.05, 0.1) is 24.2 Å². The van der Waals surface area contributed by atoms with Crippen LogP contribution < -0.4 is 15.5 Å². The summed E-state index contributed by atoms with van der Waals surface area (Å²) in [6.07, 6.45) is 1.45. The molecule has 0 spiro atoms. The van der Waals surface area contributed by atoms with Gasteiger partial charge in [-0.1, -0.05) is 72.8 Å². The van der Waals surface area contributed by atoms with E-state index < -0.39 is 17.8 Å². The Bertz CT molecular complexity index is 1390. The molecule has 7 nitrogen and oxygen atoms in total. The van der Waals surface area contributed by atoms with Gasteiger partial charge < -0.3 is 10.1 Å². The lowest BCUT2D eigenvalue weighted by Gasteiger charge is -2.17. The van der Waals surface area contributed by atoms with Crippen molar-refractivity contribution in [2.75, 3.05) is 6.54 Å². The summed E-state index contributed by atoms with van der Waals surface area (Å²) < 4.78 is 6.04. The van der Waals surface area contributed by atoms with Crippen molar-refractivity contribution in [3.8, 4) is 5.75 Å². The first-order chi connectivity index (χ1) is 18.5. The Labute approximate surface area is 228 Å². The summed E-state index contributed by atoms with van der Waals surface area (Å²) in [4.78, 5) is 37.6. The lowest BCUT2D eigenvalue weighted by atomic mass is 9.90. The fourth-order valence-corrected chi connectivity index (χ4v) is 4.13. The maximum Gasteiger partial charge on any atom is 0.344 e. The van der Waals surface area contributed by atoms with Crippen LogP contribution >= 0.6 is 15.9 Å². The van der Waals surface area contributed by atoms with Crippen LogP contribution in [0.15, 0.2) is 119 Å². The summed E-state index contributed by atoms with van der Waals surface area (Å²) in [5.74, 6) is -1.39. The molecular weight excluding hydrogens is 546 g/mol. The molecule has 4 aromatic carbocycles. The van der Waals surface area contributed by atoms with Crippen molar-refractivity contribution >= 4 is 39.9 Å². The van der Waals surface area contributed by atoms with Crippen molar-refractivity contribution in [3.63, 3.8) is 0 Å². The summed E-state index contributed by atoms with van der Waals surface area (Å²) in [5, 5.41) is 6.64. The molecule has 0 fully saturated rings. The number of hydrogen-bond acceptors (Lipinski definition) is 5. The molecule has 2 N–H and O–H groups in total. The maximum atomic E-state index is 13.0. The minimum Gasteiger partial charge on any atom is -0.423 e. The molecular formula is C30H24BrN3O4. The topological polar surface area (TPSA) is 96.9 Å². The summed E-state index contributed by atoms with van der Waals surface area (Å²) in [6.45, 7) is -0.226. The van der Waals surface area contributed by atoms with Gasteiger partial charge in [-0.25, -0.2) is 10.2 Å². The Kier molecular flexibility index (Phi) is 9.15. The molecule has 0 aromatic heterocycles. The van der Waals surface area contributed by atoms with E-state index in [1.165, 1.54) is 6.21 Å². The van der Waals surface area contributed by atoms with Crippen LogP contribution in [0.3, 0.4) is 0 Å².